The van der Waals surface area contributed by atoms with Crippen molar-refractivity contribution in [2.24, 2.45) is 5.73 Å². The third kappa shape index (κ3) is 3.78. The summed E-state index contributed by atoms with van der Waals surface area (Å²) in [5.74, 6) is -1.43. The van der Waals surface area contributed by atoms with Crippen LogP contribution in [-0.4, -0.2) is 5.91 Å². The second-order valence-electron chi connectivity index (χ2n) is 4.83. The van der Waals surface area contributed by atoms with Crippen molar-refractivity contribution in [2.45, 2.75) is 19.4 Å². The molecule has 2 rings (SSSR count). The Morgan fingerprint density at radius 1 is 1.24 bits per heavy atom. The summed E-state index contributed by atoms with van der Waals surface area (Å²) in [5, 5.41) is 3.09. The van der Waals surface area contributed by atoms with Crippen LogP contribution in [0.4, 0.5) is 14.5 Å². The summed E-state index contributed by atoms with van der Waals surface area (Å²) in [7, 11) is 0. The van der Waals surface area contributed by atoms with Gasteiger partial charge in [-0.1, -0.05) is 18.2 Å². The average Bonchev–Trinajstić information content (AvgIpc) is 2.43. The molecule has 0 saturated carbocycles. The van der Waals surface area contributed by atoms with Gasteiger partial charge in [-0.3, -0.25) is 4.79 Å². The number of amides is 1. The van der Waals surface area contributed by atoms with Crippen LogP contribution in [0.3, 0.4) is 0 Å². The molecule has 1 atom stereocenters. The monoisotopic (exact) mass is 290 g/mol. The Morgan fingerprint density at radius 3 is 2.67 bits per heavy atom. The molecule has 0 radical (unpaired) electrons. The molecule has 110 valence electrons. The number of primary amides is 1. The molecule has 1 amide bonds. The van der Waals surface area contributed by atoms with Crippen LogP contribution in [-0.2, 0) is 11.2 Å². The number of para-hydroxylation sites is 1. The number of nitrogens with one attached hydrogen (secondary N) is 1. The summed E-state index contributed by atoms with van der Waals surface area (Å²) in [4.78, 5) is 11.1. The Bertz CT molecular complexity index is 658. The molecule has 0 spiro atoms. The van der Waals surface area contributed by atoms with Crippen LogP contribution in [0.25, 0.3) is 0 Å². The van der Waals surface area contributed by atoms with E-state index in [0.29, 0.717) is 11.3 Å². The molecule has 0 fully saturated rings. The minimum Gasteiger partial charge on any atom is -0.378 e. The number of anilines is 1. The van der Waals surface area contributed by atoms with Crippen molar-refractivity contribution in [1.29, 1.82) is 0 Å². The molecule has 5 heteroatoms. The Kier molecular flexibility index (Phi) is 4.52. The molecule has 0 saturated heterocycles. The van der Waals surface area contributed by atoms with Crippen molar-refractivity contribution in [3.05, 3.63) is 65.2 Å². The van der Waals surface area contributed by atoms with Gasteiger partial charge in [0.25, 0.3) is 0 Å². The quantitative estimate of drug-likeness (QED) is 0.888. The molecule has 0 heterocycles. The molecule has 0 bridgehead atoms. The summed E-state index contributed by atoms with van der Waals surface area (Å²) in [6, 6.07) is 10.00. The zero-order chi connectivity index (χ0) is 15.4. The molecule has 0 aliphatic heterocycles. The predicted molar refractivity (Wildman–Crippen MR) is 77.7 cm³/mol. The van der Waals surface area contributed by atoms with Gasteiger partial charge in [-0.15, -0.1) is 0 Å². The number of benzene rings is 2. The van der Waals surface area contributed by atoms with Crippen LogP contribution >= 0.6 is 0 Å². The van der Waals surface area contributed by atoms with Crippen LogP contribution in [0, 0.1) is 11.6 Å². The van der Waals surface area contributed by atoms with E-state index in [1.54, 1.807) is 31.2 Å². The molecule has 21 heavy (non-hydrogen) atoms. The maximum Gasteiger partial charge on any atom is 0.221 e. The highest BCUT2D eigenvalue weighted by Crippen LogP contribution is 2.25. The van der Waals surface area contributed by atoms with Crippen molar-refractivity contribution in [2.75, 3.05) is 5.32 Å². The van der Waals surface area contributed by atoms with Gasteiger partial charge in [-0.2, -0.15) is 0 Å². The normalized spacial score (nSPS) is 12.0. The molecular weight excluding hydrogens is 274 g/mol. The summed E-state index contributed by atoms with van der Waals surface area (Å²) in [6.45, 7) is 1.72. The average molecular weight is 290 g/mol. The first-order valence-electron chi connectivity index (χ1n) is 6.55. The Hall–Kier alpha value is -2.43. The first-order chi connectivity index (χ1) is 9.97. The Balaban J connectivity index is 2.25. The zero-order valence-corrected chi connectivity index (χ0v) is 11.6. The van der Waals surface area contributed by atoms with Crippen LogP contribution in [0.15, 0.2) is 42.5 Å². The topological polar surface area (TPSA) is 55.1 Å². The number of hydrogen-bond donors (Lipinski definition) is 2. The largest absolute Gasteiger partial charge is 0.378 e. The van der Waals surface area contributed by atoms with Crippen molar-refractivity contribution < 1.29 is 13.6 Å². The predicted octanol–water partition coefficient (Wildman–Crippen LogP) is 3.17. The Morgan fingerprint density at radius 2 is 1.95 bits per heavy atom. The first-order valence-corrected chi connectivity index (χ1v) is 6.55. The zero-order valence-electron chi connectivity index (χ0n) is 11.6. The van der Waals surface area contributed by atoms with Crippen LogP contribution in [0.1, 0.15) is 24.1 Å². The van der Waals surface area contributed by atoms with E-state index in [1.165, 1.54) is 0 Å². The van der Waals surface area contributed by atoms with Crippen molar-refractivity contribution in [3.8, 4) is 0 Å². The molecule has 0 aliphatic rings. The standard InChI is InChI=1S/C16H16F2N2O/c1-10(13-9-12(17)6-7-14(13)18)20-15-5-3-2-4-11(15)8-16(19)21/h2-7,9-10,20H,8H2,1H3,(H2,19,21). The lowest BCUT2D eigenvalue weighted by Gasteiger charge is -2.18. The molecule has 1 unspecified atom stereocenters. The Labute approximate surface area is 121 Å². The van der Waals surface area contributed by atoms with Gasteiger partial charge in [-0.25, -0.2) is 8.78 Å². The van der Waals surface area contributed by atoms with Gasteiger partial charge < -0.3 is 11.1 Å². The maximum absolute atomic E-state index is 13.8. The number of hydrogen-bond acceptors (Lipinski definition) is 2. The summed E-state index contributed by atoms with van der Waals surface area (Å²) < 4.78 is 27.0. The van der Waals surface area contributed by atoms with E-state index in [-0.39, 0.29) is 12.0 Å². The van der Waals surface area contributed by atoms with E-state index in [9.17, 15) is 13.6 Å². The van der Waals surface area contributed by atoms with Crippen molar-refractivity contribution in [3.63, 3.8) is 0 Å². The summed E-state index contributed by atoms with van der Waals surface area (Å²) >= 11 is 0. The lowest BCUT2D eigenvalue weighted by atomic mass is 10.0. The number of halogens is 2. The smallest absolute Gasteiger partial charge is 0.221 e. The van der Waals surface area contributed by atoms with Crippen LogP contribution < -0.4 is 11.1 Å². The van der Waals surface area contributed by atoms with E-state index < -0.39 is 23.6 Å². The van der Waals surface area contributed by atoms with Crippen LogP contribution in [0.2, 0.25) is 0 Å². The highest BCUT2D eigenvalue weighted by molar-refractivity contribution is 5.78. The van der Waals surface area contributed by atoms with Crippen molar-refractivity contribution in [1.82, 2.24) is 0 Å². The fraction of sp³-hybridized carbons (Fsp3) is 0.188. The minimum absolute atomic E-state index is 0.0848. The molecule has 0 aliphatic carbocycles. The molecule has 2 aromatic carbocycles. The SMILES string of the molecule is CC(Nc1ccccc1CC(N)=O)c1cc(F)ccc1F. The van der Waals surface area contributed by atoms with Gasteiger partial charge in [0, 0.05) is 11.3 Å². The number of carbonyl (C=O) groups excluding carboxylic acids is 1. The van der Waals surface area contributed by atoms with Gasteiger partial charge in [0.15, 0.2) is 0 Å². The highest BCUT2D eigenvalue weighted by atomic mass is 19.1. The minimum atomic E-state index is -0.495. The number of carbonyl (C=O) groups is 1. The third-order valence-electron chi connectivity index (χ3n) is 3.18. The summed E-state index contributed by atoms with van der Waals surface area (Å²) in [5.41, 5.74) is 6.82. The fourth-order valence-corrected chi connectivity index (χ4v) is 2.16. The molecule has 3 nitrogen and oxygen atoms in total. The lowest BCUT2D eigenvalue weighted by Crippen LogP contribution is -2.16. The lowest BCUT2D eigenvalue weighted by molar-refractivity contribution is -0.117. The van der Waals surface area contributed by atoms with Gasteiger partial charge in [0.1, 0.15) is 11.6 Å². The van der Waals surface area contributed by atoms with Gasteiger partial charge >= 0.3 is 0 Å². The number of rotatable bonds is 5. The highest BCUT2D eigenvalue weighted by Gasteiger charge is 2.14. The molecule has 3 N–H and O–H groups in total. The van der Waals surface area contributed by atoms with E-state index in [1.807, 2.05) is 0 Å². The summed E-state index contributed by atoms with van der Waals surface area (Å²) in [6.07, 6.45) is 0.0848. The third-order valence-corrected chi connectivity index (χ3v) is 3.18. The molecule has 2 aromatic rings. The maximum atomic E-state index is 13.8. The van der Waals surface area contributed by atoms with Crippen LogP contribution in [0.5, 0.6) is 0 Å². The fourth-order valence-electron chi connectivity index (χ4n) is 2.16. The molecule has 0 aromatic heterocycles. The first kappa shape index (κ1) is 15.0. The van der Waals surface area contributed by atoms with Gasteiger partial charge in [0.2, 0.25) is 5.91 Å². The van der Waals surface area contributed by atoms with E-state index in [4.69, 9.17) is 5.73 Å². The van der Waals surface area contributed by atoms with E-state index in [2.05, 4.69) is 5.32 Å². The van der Waals surface area contributed by atoms with Gasteiger partial charge in [0.05, 0.1) is 12.5 Å². The van der Waals surface area contributed by atoms with Crippen molar-refractivity contribution >= 4 is 11.6 Å². The second kappa shape index (κ2) is 6.35. The molecular formula is C16H16F2N2O. The van der Waals surface area contributed by atoms with Gasteiger partial charge in [-0.05, 0) is 36.8 Å². The number of nitrogens with two attached hydrogens (primary N) is 1. The van der Waals surface area contributed by atoms with E-state index in [0.717, 1.165) is 18.2 Å². The van der Waals surface area contributed by atoms with E-state index >= 15 is 0 Å². The second-order valence-corrected chi connectivity index (χ2v) is 4.83.